The summed E-state index contributed by atoms with van der Waals surface area (Å²) >= 11 is 0. The second-order valence-electron chi connectivity index (χ2n) is 5.57. The van der Waals surface area contributed by atoms with Gasteiger partial charge in [0, 0.05) is 5.57 Å². The van der Waals surface area contributed by atoms with Crippen molar-refractivity contribution in [1.82, 2.24) is 0 Å². The number of allylic oxidation sites excluding steroid dienone is 1. The number of halogens is 1. The summed E-state index contributed by atoms with van der Waals surface area (Å²) in [6.45, 7) is 2.13. The number of hydrogen-bond acceptors (Lipinski definition) is 1. The lowest BCUT2D eigenvalue weighted by Gasteiger charge is -2.08. The van der Waals surface area contributed by atoms with E-state index in [2.05, 4.69) is 6.92 Å². The number of carbonyl (C=O) groups excluding carboxylic acids is 1. The Morgan fingerprint density at radius 1 is 1.42 bits per heavy atom. The van der Waals surface area contributed by atoms with Crippen molar-refractivity contribution in [2.75, 3.05) is 0 Å². The Morgan fingerprint density at radius 3 is 2.74 bits per heavy atom. The summed E-state index contributed by atoms with van der Waals surface area (Å²) in [6.07, 6.45) is 3.88. The molecule has 2 nitrogen and oxygen atoms in total. The van der Waals surface area contributed by atoms with Crippen molar-refractivity contribution < 1.29 is 9.18 Å². The Labute approximate surface area is 112 Å². The van der Waals surface area contributed by atoms with E-state index in [1.165, 1.54) is 11.6 Å². The van der Waals surface area contributed by atoms with Crippen LogP contribution in [0.2, 0.25) is 0 Å². The van der Waals surface area contributed by atoms with Gasteiger partial charge in [-0.3, -0.25) is 4.79 Å². The van der Waals surface area contributed by atoms with Crippen molar-refractivity contribution in [3.05, 3.63) is 40.7 Å². The summed E-state index contributed by atoms with van der Waals surface area (Å²) in [5, 5.41) is 0. The minimum Gasteiger partial charge on any atom is -0.366 e. The van der Waals surface area contributed by atoms with Gasteiger partial charge in [-0.25, -0.2) is 4.39 Å². The Balaban J connectivity index is 2.17. The third-order valence-corrected chi connectivity index (χ3v) is 4.30. The quantitative estimate of drug-likeness (QED) is 0.831. The molecule has 0 spiro atoms. The van der Waals surface area contributed by atoms with Crippen LogP contribution in [0.1, 0.15) is 49.7 Å². The molecule has 100 valence electrons. The summed E-state index contributed by atoms with van der Waals surface area (Å²) in [4.78, 5) is 11.7. The van der Waals surface area contributed by atoms with E-state index in [9.17, 15) is 9.18 Å². The van der Waals surface area contributed by atoms with Gasteiger partial charge in [0.2, 0.25) is 5.91 Å². The summed E-state index contributed by atoms with van der Waals surface area (Å²) in [5.41, 5.74) is 9.37. The van der Waals surface area contributed by atoms with Crippen LogP contribution >= 0.6 is 0 Å². The number of hydrogen-bond donors (Lipinski definition) is 1. The predicted octanol–water partition coefficient (Wildman–Crippen LogP) is 3.37. The highest BCUT2D eigenvalue weighted by molar-refractivity contribution is 6.02. The average Bonchev–Trinajstić information content (AvgIpc) is 3.12. The van der Waals surface area contributed by atoms with Crippen molar-refractivity contribution >= 4 is 11.5 Å². The zero-order valence-electron chi connectivity index (χ0n) is 11.1. The van der Waals surface area contributed by atoms with Gasteiger partial charge < -0.3 is 5.73 Å². The smallest absolute Gasteiger partial charge is 0.245 e. The standard InChI is InChI=1S/C16H18FNO/c1-2-9-7-14(15(16(18)19)10-3-4-10)13-8-11(17)5-6-12(9)13/h5-6,8-10H,2-4,7H2,1H3,(H2,18,19)/b15-14+. The summed E-state index contributed by atoms with van der Waals surface area (Å²) < 4.78 is 13.5. The van der Waals surface area contributed by atoms with E-state index in [0.717, 1.165) is 42.4 Å². The lowest BCUT2D eigenvalue weighted by Crippen LogP contribution is -2.16. The highest BCUT2D eigenvalue weighted by Gasteiger charge is 2.36. The maximum atomic E-state index is 13.5. The van der Waals surface area contributed by atoms with Crippen molar-refractivity contribution in [2.24, 2.45) is 11.7 Å². The molecular weight excluding hydrogens is 241 g/mol. The van der Waals surface area contributed by atoms with Crippen LogP contribution in [0, 0.1) is 11.7 Å². The van der Waals surface area contributed by atoms with E-state index in [0.29, 0.717) is 11.8 Å². The summed E-state index contributed by atoms with van der Waals surface area (Å²) in [7, 11) is 0. The molecule has 1 atom stereocenters. The number of carbonyl (C=O) groups is 1. The van der Waals surface area contributed by atoms with Gasteiger partial charge in [-0.15, -0.1) is 0 Å². The van der Waals surface area contributed by atoms with E-state index >= 15 is 0 Å². The van der Waals surface area contributed by atoms with Crippen LogP contribution in [0.15, 0.2) is 23.8 Å². The number of benzene rings is 1. The fraction of sp³-hybridized carbons (Fsp3) is 0.438. The molecule has 1 aromatic carbocycles. The van der Waals surface area contributed by atoms with Crippen LogP contribution in [0.5, 0.6) is 0 Å². The maximum absolute atomic E-state index is 13.5. The molecule has 0 saturated heterocycles. The SMILES string of the molecule is CCC1C/C(=C(\C(N)=O)C2CC2)c2cc(F)ccc21. The van der Waals surface area contributed by atoms with E-state index in [4.69, 9.17) is 5.73 Å². The number of amides is 1. The fourth-order valence-corrected chi connectivity index (χ4v) is 3.20. The first-order valence-corrected chi connectivity index (χ1v) is 6.94. The zero-order valence-corrected chi connectivity index (χ0v) is 11.1. The monoisotopic (exact) mass is 259 g/mol. The summed E-state index contributed by atoms with van der Waals surface area (Å²) in [5.74, 6) is 0.120. The molecule has 3 heteroatoms. The molecule has 0 aliphatic heterocycles. The minimum absolute atomic E-state index is 0.243. The number of nitrogens with two attached hydrogens (primary N) is 1. The minimum atomic E-state index is -0.329. The molecule has 0 heterocycles. The highest BCUT2D eigenvalue weighted by Crippen LogP contribution is 2.49. The molecule has 1 fully saturated rings. The van der Waals surface area contributed by atoms with Crippen LogP contribution in [0.3, 0.4) is 0 Å². The second kappa shape index (κ2) is 4.48. The van der Waals surface area contributed by atoms with Crippen molar-refractivity contribution in [3.8, 4) is 0 Å². The van der Waals surface area contributed by atoms with Crippen LogP contribution < -0.4 is 5.73 Å². The fourth-order valence-electron chi connectivity index (χ4n) is 3.20. The summed E-state index contributed by atoms with van der Waals surface area (Å²) in [6, 6.07) is 4.93. The van der Waals surface area contributed by atoms with Gasteiger partial charge in [0.15, 0.2) is 0 Å². The van der Waals surface area contributed by atoms with Crippen molar-refractivity contribution in [3.63, 3.8) is 0 Å². The van der Waals surface area contributed by atoms with Crippen molar-refractivity contribution in [2.45, 2.75) is 38.5 Å². The first-order chi connectivity index (χ1) is 9.11. The van der Waals surface area contributed by atoms with Gasteiger partial charge in [0.1, 0.15) is 5.82 Å². The molecule has 1 amide bonds. The van der Waals surface area contributed by atoms with Gasteiger partial charge in [0.05, 0.1) is 0 Å². The van der Waals surface area contributed by atoms with Gasteiger partial charge in [0.25, 0.3) is 0 Å². The molecule has 2 aliphatic rings. The Morgan fingerprint density at radius 2 is 2.16 bits per heavy atom. The third kappa shape index (κ3) is 2.07. The topological polar surface area (TPSA) is 43.1 Å². The van der Waals surface area contributed by atoms with Crippen LogP contribution in [0.25, 0.3) is 5.57 Å². The van der Waals surface area contributed by atoms with E-state index in [1.54, 1.807) is 6.07 Å². The van der Waals surface area contributed by atoms with Crippen molar-refractivity contribution in [1.29, 1.82) is 0 Å². The maximum Gasteiger partial charge on any atom is 0.245 e. The molecule has 2 N–H and O–H groups in total. The molecule has 19 heavy (non-hydrogen) atoms. The lowest BCUT2D eigenvalue weighted by molar-refractivity contribution is -0.114. The molecule has 0 radical (unpaired) electrons. The Bertz CT molecular complexity index is 572. The first-order valence-electron chi connectivity index (χ1n) is 6.94. The van der Waals surface area contributed by atoms with Crippen LogP contribution in [-0.4, -0.2) is 5.91 Å². The van der Waals surface area contributed by atoms with E-state index in [-0.39, 0.29) is 11.7 Å². The average molecular weight is 259 g/mol. The predicted molar refractivity (Wildman–Crippen MR) is 72.9 cm³/mol. The normalized spacial score (nSPS) is 24.2. The molecule has 0 bridgehead atoms. The number of primary amides is 1. The van der Waals surface area contributed by atoms with Gasteiger partial charge in [-0.1, -0.05) is 13.0 Å². The van der Waals surface area contributed by atoms with E-state index < -0.39 is 0 Å². The molecule has 3 rings (SSSR count). The first kappa shape index (κ1) is 12.4. The molecular formula is C16H18FNO. The van der Waals surface area contributed by atoms with E-state index in [1.807, 2.05) is 6.07 Å². The zero-order chi connectivity index (χ0) is 13.6. The Hall–Kier alpha value is -1.64. The van der Waals surface area contributed by atoms with Gasteiger partial charge in [-0.05, 0) is 66.4 Å². The van der Waals surface area contributed by atoms with Gasteiger partial charge >= 0.3 is 0 Å². The van der Waals surface area contributed by atoms with Crippen LogP contribution in [-0.2, 0) is 4.79 Å². The molecule has 1 saturated carbocycles. The number of rotatable bonds is 3. The Kier molecular flexibility index (Phi) is 2.92. The lowest BCUT2D eigenvalue weighted by atomic mass is 9.97. The molecule has 0 aromatic heterocycles. The van der Waals surface area contributed by atoms with Crippen LogP contribution in [0.4, 0.5) is 4.39 Å². The number of fused-ring (bicyclic) bond motifs is 1. The van der Waals surface area contributed by atoms with Gasteiger partial charge in [-0.2, -0.15) is 0 Å². The largest absolute Gasteiger partial charge is 0.366 e. The molecule has 2 aliphatic carbocycles. The highest BCUT2D eigenvalue weighted by atomic mass is 19.1. The third-order valence-electron chi connectivity index (χ3n) is 4.30. The molecule has 1 unspecified atom stereocenters. The molecule has 1 aromatic rings. The second-order valence-corrected chi connectivity index (χ2v) is 5.57.